The van der Waals surface area contributed by atoms with Gasteiger partial charge >= 0.3 is 0 Å². The van der Waals surface area contributed by atoms with Crippen LogP contribution in [0, 0.1) is 0 Å². The summed E-state index contributed by atoms with van der Waals surface area (Å²) in [7, 11) is 0. The molecule has 26 heavy (non-hydrogen) atoms. The van der Waals surface area contributed by atoms with Crippen LogP contribution < -0.4 is 0 Å². The third kappa shape index (κ3) is 3.13. The zero-order chi connectivity index (χ0) is 17.9. The van der Waals surface area contributed by atoms with Gasteiger partial charge in [-0.1, -0.05) is 60.7 Å². The summed E-state index contributed by atoms with van der Waals surface area (Å²) in [6, 6.07) is 26.0. The summed E-state index contributed by atoms with van der Waals surface area (Å²) >= 11 is 0. The highest BCUT2D eigenvalue weighted by Crippen LogP contribution is 2.33. The fraction of sp³-hybridized carbons (Fsp3) is 0. The van der Waals surface area contributed by atoms with Gasteiger partial charge in [0.25, 0.3) is 0 Å². The molecule has 126 valence electrons. The Morgan fingerprint density at radius 1 is 0.577 bits per heavy atom. The van der Waals surface area contributed by atoms with Gasteiger partial charge in [-0.2, -0.15) is 0 Å². The number of aromatic nitrogens is 2. The quantitative estimate of drug-likeness (QED) is 0.557. The van der Waals surface area contributed by atoms with Crippen LogP contribution in [0.3, 0.4) is 0 Å². The van der Waals surface area contributed by atoms with Gasteiger partial charge in [0.15, 0.2) is 5.82 Å². The number of hydrogen-bond acceptors (Lipinski definition) is 4. The number of benzene rings is 3. The molecule has 1 aromatic heterocycles. The number of phenols is 2. The molecule has 0 saturated carbocycles. The van der Waals surface area contributed by atoms with Crippen LogP contribution in [0.4, 0.5) is 0 Å². The molecule has 0 unspecified atom stereocenters. The molecule has 1 heterocycles. The predicted molar refractivity (Wildman–Crippen MR) is 102 cm³/mol. The maximum absolute atomic E-state index is 10.2. The summed E-state index contributed by atoms with van der Waals surface area (Å²) in [5.74, 6) is 0.339. The van der Waals surface area contributed by atoms with E-state index in [-0.39, 0.29) is 11.5 Å². The molecule has 4 rings (SSSR count). The van der Waals surface area contributed by atoms with Crippen LogP contribution in [0.2, 0.25) is 0 Å². The van der Waals surface area contributed by atoms with Gasteiger partial charge in [0.2, 0.25) is 0 Å². The maximum atomic E-state index is 10.2. The second-order valence-electron chi connectivity index (χ2n) is 5.90. The van der Waals surface area contributed by atoms with Gasteiger partial charge in [-0.25, -0.2) is 9.97 Å². The average molecular weight is 340 g/mol. The van der Waals surface area contributed by atoms with Crippen molar-refractivity contribution in [3.63, 3.8) is 0 Å². The molecule has 0 atom stereocenters. The summed E-state index contributed by atoms with van der Waals surface area (Å²) < 4.78 is 0. The Bertz CT molecular complexity index is 990. The molecule has 2 N–H and O–H groups in total. The highest BCUT2D eigenvalue weighted by molar-refractivity contribution is 5.73. The van der Waals surface area contributed by atoms with E-state index in [9.17, 15) is 10.2 Å². The third-order valence-corrected chi connectivity index (χ3v) is 4.09. The second-order valence-corrected chi connectivity index (χ2v) is 5.90. The van der Waals surface area contributed by atoms with E-state index in [0.717, 1.165) is 22.5 Å². The van der Waals surface area contributed by atoms with Crippen molar-refractivity contribution in [3.05, 3.63) is 84.9 Å². The fourth-order valence-electron chi connectivity index (χ4n) is 2.79. The second kappa shape index (κ2) is 6.69. The Labute approximate surface area is 151 Å². The van der Waals surface area contributed by atoms with Gasteiger partial charge in [-0.3, -0.25) is 0 Å². The molecule has 0 bridgehead atoms. The van der Waals surface area contributed by atoms with E-state index in [4.69, 9.17) is 0 Å². The summed E-state index contributed by atoms with van der Waals surface area (Å²) in [5.41, 5.74) is 3.93. The molecule has 0 aliphatic rings. The zero-order valence-corrected chi connectivity index (χ0v) is 13.9. The molecule has 0 radical (unpaired) electrons. The monoisotopic (exact) mass is 340 g/mol. The molecule has 4 aromatic rings. The topological polar surface area (TPSA) is 66.2 Å². The normalized spacial score (nSPS) is 10.6. The summed E-state index contributed by atoms with van der Waals surface area (Å²) in [6.45, 7) is 0. The smallest absolute Gasteiger partial charge is 0.164 e. The van der Waals surface area contributed by atoms with Crippen LogP contribution in [0.5, 0.6) is 11.5 Å². The standard InChI is InChI=1S/C22H16N2O2/c25-17-11-12-18(21(26)13-17)22-23-19(15-7-3-1-4-8-15)14-20(24-22)16-9-5-2-6-10-16/h1-14,25-26H. The van der Waals surface area contributed by atoms with Crippen molar-refractivity contribution >= 4 is 0 Å². The fourth-order valence-corrected chi connectivity index (χ4v) is 2.79. The highest BCUT2D eigenvalue weighted by atomic mass is 16.3. The van der Waals surface area contributed by atoms with Gasteiger partial charge in [0, 0.05) is 17.2 Å². The van der Waals surface area contributed by atoms with Crippen LogP contribution >= 0.6 is 0 Å². The lowest BCUT2D eigenvalue weighted by Crippen LogP contribution is -1.96. The summed E-state index contributed by atoms with van der Waals surface area (Å²) in [5, 5.41) is 19.8. The molecule has 0 aliphatic carbocycles. The van der Waals surface area contributed by atoms with Gasteiger partial charge in [-0.05, 0) is 18.2 Å². The molecule has 3 aromatic carbocycles. The van der Waals surface area contributed by atoms with Gasteiger partial charge in [-0.15, -0.1) is 0 Å². The molecule has 0 aliphatic heterocycles. The van der Waals surface area contributed by atoms with Crippen LogP contribution in [0.25, 0.3) is 33.9 Å². The lowest BCUT2D eigenvalue weighted by molar-refractivity contribution is 0.451. The van der Waals surface area contributed by atoms with Gasteiger partial charge in [0.1, 0.15) is 11.5 Å². The average Bonchev–Trinajstić information content (AvgIpc) is 2.69. The highest BCUT2D eigenvalue weighted by Gasteiger charge is 2.13. The summed E-state index contributed by atoms with van der Waals surface area (Å²) in [4.78, 5) is 9.27. The molecule has 0 fully saturated rings. The Kier molecular flexibility index (Phi) is 4.07. The number of hydrogen-bond donors (Lipinski definition) is 2. The number of aromatic hydroxyl groups is 2. The molecular weight excluding hydrogens is 324 g/mol. The first-order valence-electron chi connectivity index (χ1n) is 8.23. The maximum Gasteiger partial charge on any atom is 0.164 e. The zero-order valence-electron chi connectivity index (χ0n) is 13.9. The molecule has 4 heteroatoms. The largest absolute Gasteiger partial charge is 0.508 e. The van der Waals surface area contributed by atoms with Crippen molar-refractivity contribution in [2.24, 2.45) is 0 Å². The Hall–Kier alpha value is -3.66. The molecule has 0 saturated heterocycles. The summed E-state index contributed by atoms with van der Waals surface area (Å²) in [6.07, 6.45) is 0. The van der Waals surface area contributed by atoms with E-state index in [0.29, 0.717) is 11.4 Å². The first-order chi connectivity index (χ1) is 12.7. The minimum absolute atomic E-state index is 0.00579. The number of phenolic OH excluding ortho intramolecular Hbond substituents is 2. The van der Waals surface area contributed by atoms with E-state index in [1.165, 1.54) is 12.1 Å². The van der Waals surface area contributed by atoms with Crippen molar-refractivity contribution in [2.45, 2.75) is 0 Å². The molecular formula is C22H16N2O2. The van der Waals surface area contributed by atoms with Crippen LogP contribution in [0.1, 0.15) is 0 Å². The number of rotatable bonds is 3. The minimum atomic E-state index is -0.0609. The van der Waals surface area contributed by atoms with E-state index in [1.807, 2.05) is 66.7 Å². The molecule has 4 nitrogen and oxygen atoms in total. The Morgan fingerprint density at radius 3 is 1.62 bits per heavy atom. The third-order valence-electron chi connectivity index (χ3n) is 4.09. The SMILES string of the molecule is Oc1ccc(-c2nc(-c3ccccc3)cc(-c3ccccc3)n2)c(O)c1. The van der Waals surface area contributed by atoms with E-state index in [2.05, 4.69) is 9.97 Å². The Balaban J connectivity index is 1.94. The van der Waals surface area contributed by atoms with Crippen molar-refractivity contribution in [2.75, 3.05) is 0 Å². The van der Waals surface area contributed by atoms with Crippen molar-refractivity contribution < 1.29 is 10.2 Å². The Morgan fingerprint density at radius 2 is 1.12 bits per heavy atom. The predicted octanol–water partition coefficient (Wildman–Crippen LogP) is 4.89. The minimum Gasteiger partial charge on any atom is -0.508 e. The van der Waals surface area contributed by atoms with E-state index >= 15 is 0 Å². The van der Waals surface area contributed by atoms with Crippen LogP contribution in [-0.2, 0) is 0 Å². The van der Waals surface area contributed by atoms with Crippen LogP contribution in [0.15, 0.2) is 84.9 Å². The van der Waals surface area contributed by atoms with Crippen molar-refractivity contribution in [1.29, 1.82) is 0 Å². The van der Waals surface area contributed by atoms with E-state index in [1.54, 1.807) is 6.07 Å². The molecule has 0 amide bonds. The van der Waals surface area contributed by atoms with Gasteiger partial charge < -0.3 is 10.2 Å². The number of nitrogens with zero attached hydrogens (tertiary/aromatic N) is 2. The lowest BCUT2D eigenvalue weighted by Gasteiger charge is -2.10. The lowest BCUT2D eigenvalue weighted by atomic mass is 10.1. The first kappa shape index (κ1) is 15.8. The van der Waals surface area contributed by atoms with E-state index < -0.39 is 0 Å². The van der Waals surface area contributed by atoms with Crippen molar-refractivity contribution in [1.82, 2.24) is 9.97 Å². The van der Waals surface area contributed by atoms with Gasteiger partial charge in [0.05, 0.1) is 17.0 Å². The van der Waals surface area contributed by atoms with Crippen molar-refractivity contribution in [3.8, 4) is 45.4 Å². The molecule has 0 spiro atoms. The first-order valence-corrected chi connectivity index (χ1v) is 8.23. The van der Waals surface area contributed by atoms with Crippen LogP contribution in [-0.4, -0.2) is 20.2 Å².